The number of ether oxygens (including phenoxy) is 1. The summed E-state index contributed by atoms with van der Waals surface area (Å²) in [5, 5.41) is 3.20. The van der Waals surface area contributed by atoms with Gasteiger partial charge >= 0.3 is 0 Å². The molecule has 0 saturated heterocycles. The van der Waals surface area contributed by atoms with E-state index in [0.717, 1.165) is 10.7 Å². The summed E-state index contributed by atoms with van der Waals surface area (Å²) in [6, 6.07) is 3.62. The maximum absolute atomic E-state index is 5.74. The molecule has 2 rings (SSSR count). The van der Waals surface area contributed by atoms with Crippen LogP contribution in [0, 0.1) is 0 Å². The molecule has 0 fully saturated rings. The number of nitrogens with one attached hydrogen (secondary N) is 1. The molecule has 0 aliphatic heterocycles. The van der Waals surface area contributed by atoms with Gasteiger partial charge < -0.3 is 15.8 Å². The minimum atomic E-state index is 0.474. The molecule has 0 aliphatic carbocycles. The van der Waals surface area contributed by atoms with Crippen molar-refractivity contribution in [1.29, 1.82) is 0 Å². The van der Waals surface area contributed by atoms with E-state index in [4.69, 9.17) is 10.5 Å². The molecule has 2 aromatic rings. The van der Waals surface area contributed by atoms with Gasteiger partial charge in [-0.25, -0.2) is 0 Å². The fourth-order valence-corrected chi connectivity index (χ4v) is 1.84. The summed E-state index contributed by atoms with van der Waals surface area (Å²) in [7, 11) is 0. The Hall–Kier alpha value is -1.82. The first-order chi connectivity index (χ1) is 8.29. The van der Waals surface area contributed by atoms with Crippen molar-refractivity contribution in [1.82, 2.24) is 9.97 Å². The second kappa shape index (κ2) is 5.49. The van der Waals surface area contributed by atoms with Gasteiger partial charge in [0, 0.05) is 11.1 Å². The third-order valence-electron chi connectivity index (χ3n) is 2.10. The van der Waals surface area contributed by atoms with E-state index in [1.807, 2.05) is 19.2 Å². The summed E-state index contributed by atoms with van der Waals surface area (Å²) in [6.07, 6.45) is 1.83. The van der Waals surface area contributed by atoms with Gasteiger partial charge in [0.25, 0.3) is 0 Å². The Labute approximate surface area is 104 Å². The molecule has 17 heavy (non-hydrogen) atoms. The van der Waals surface area contributed by atoms with E-state index in [9.17, 15) is 0 Å². The summed E-state index contributed by atoms with van der Waals surface area (Å²) >= 11 is 1.60. The molecule has 0 aromatic carbocycles. The largest absolute Gasteiger partial charge is 0.476 e. The number of thiazole rings is 1. The summed E-state index contributed by atoms with van der Waals surface area (Å²) in [4.78, 5) is 9.45. The zero-order chi connectivity index (χ0) is 12.1. The molecule has 0 saturated carbocycles. The Kier molecular flexibility index (Phi) is 3.77. The van der Waals surface area contributed by atoms with E-state index in [1.54, 1.807) is 22.9 Å². The Morgan fingerprint density at radius 3 is 3.06 bits per heavy atom. The summed E-state index contributed by atoms with van der Waals surface area (Å²) in [5.41, 5.74) is 8.10. The summed E-state index contributed by atoms with van der Waals surface area (Å²) < 4.78 is 5.33. The van der Waals surface area contributed by atoms with Gasteiger partial charge in [-0.15, -0.1) is 11.3 Å². The van der Waals surface area contributed by atoms with Crippen molar-refractivity contribution in [2.75, 3.05) is 17.7 Å². The monoisotopic (exact) mass is 250 g/mol. The minimum absolute atomic E-state index is 0.474. The van der Waals surface area contributed by atoms with Crippen molar-refractivity contribution >= 4 is 22.8 Å². The first-order valence-corrected chi connectivity index (χ1v) is 6.18. The maximum Gasteiger partial charge on any atom is 0.239 e. The number of nitrogens with zero attached hydrogens (tertiary/aromatic N) is 2. The number of nitrogens with two attached hydrogens (primary N) is 1. The third kappa shape index (κ3) is 3.07. The number of rotatable bonds is 5. The van der Waals surface area contributed by atoms with E-state index >= 15 is 0 Å². The number of anilines is 2. The molecule has 6 heteroatoms. The zero-order valence-electron chi connectivity index (χ0n) is 9.51. The zero-order valence-corrected chi connectivity index (χ0v) is 10.3. The van der Waals surface area contributed by atoms with Crippen LogP contribution in [-0.4, -0.2) is 16.6 Å². The van der Waals surface area contributed by atoms with E-state index < -0.39 is 0 Å². The standard InChI is InChI=1S/C11H14N4OS/c1-2-16-11-9(12)3-4-10(15-11)14-6-8-5-13-7-17-8/h3-5,7H,2,6,12H2,1H3,(H,14,15). The average Bonchev–Trinajstić information content (AvgIpc) is 2.83. The topological polar surface area (TPSA) is 73.1 Å². The van der Waals surface area contributed by atoms with Crippen LogP contribution in [-0.2, 0) is 6.54 Å². The Morgan fingerprint density at radius 1 is 1.47 bits per heavy atom. The lowest BCUT2D eigenvalue weighted by Crippen LogP contribution is -2.04. The number of aromatic nitrogens is 2. The first-order valence-electron chi connectivity index (χ1n) is 5.30. The van der Waals surface area contributed by atoms with Crippen LogP contribution < -0.4 is 15.8 Å². The van der Waals surface area contributed by atoms with Gasteiger partial charge in [0.15, 0.2) is 0 Å². The molecule has 90 valence electrons. The van der Waals surface area contributed by atoms with Gasteiger partial charge in [-0.1, -0.05) is 0 Å². The molecule has 0 atom stereocenters. The van der Waals surface area contributed by atoms with Crippen LogP contribution in [0.5, 0.6) is 5.88 Å². The number of hydrogen-bond donors (Lipinski definition) is 2. The number of hydrogen-bond acceptors (Lipinski definition) is 6. The Balaban J connectivity index is 2.03. The SMILES string of the molecule is CCOc1nc(NCc2cncs2)ccc1N. The fraction of sp³-hybridized carbons (Fsp3) is 0.273. The lowest BCUT2D eigenvalue weighted by Gasteiger charge is -2.08. The average molecular weight is 250 g/mol. The quantitative estimate of drug-likeness (QED) is 0.850. The molecule has 0 spiro atoms. The molecule has 0 bridgehead atoms. The predicted molar refractivity (Wildman–Crippen MR) is 69.3 cm³/mol. The fourth-order valence-electron chi connectivity index (χ4n) is 1.31. The molecule has 0 radical (unpaired) electrons. The van der Waals surface area contributed by atoms with Gasteiger partial charge in [0.1, 0.15) is 5.82 Å². The molecule has 0 unspecified atom stereocenters. The molecular weight excluding hydrogens is 236 g/mol. The van der Waals surface area contributed by atoms with Gasteiger partial charge in [-0.2, -0.15) is 4.98 Å². The van der Waals surface area contributed by atoms with Crippen LogP contribution in [0.15, 0.2) is 23.8 Å². The second-order valence-electron chi connectivity index (χ2n) is 3.35. The van der Waals surface area contributed by atoms with E-state index in [2.05, 4.69) is 15.3 Å². The minimum Gasteiger partial charge on any atom is -0.476 e. The lowest BCUT2D eigenvalue weighted by molar-refractivity contribution is 0.329. The van der Waals surface area contributed by atoms with Crippen molar-refractivity contribution in [3.05, 3.63) is 28.7 Å². The van der Waals surface area contributed by atoms with Crippen molar-refractivity contribution in [2.24, 2.45) is 0 Å². The van der Waals surface area contributed by atoms with Crippen molar-refractivity contribution in [3.8, 4) is 5.88 Å². The van der Waals surface area contributed by atoms with Crippen molar-refractivity contribution < 1.29 is 4.74 Å². The highest BCUT2D eigenvalue weighted by molar-refractivity contribution is 7.09. The Bertz CT molecular complexity index is 472. The maximum atomic E-state index is 5.74. The molecule has 0 aliphatic rings. The van der Waals surface area contributed by atoms with Crippen LogP contribution >= 0.6 is 11.3 Å². The van der Waals surface area contributed by atoms with Crippen LogP contribution in [0.25, 0.3) is 0 Å². The molecule has 0 amide bonds. The summed E-state index contributed by atoms with van der Waals surface area (Å²) in [5.74, 6) is 1.22. The van der Waals surface area contributed by atoms with Crippen molar-refractivity contribution in [3.63, 3.8) is 0 Å². The van der Waals surface area contributed by atoms with Crippen LogP contribution in [0.1, 0.15) is 11.8 Å². The number of pyridine rings is 1. The van der Waals surface area contributed by atoms with Gasteiger partial charge in [-0.05, 0) is 19.1 Å². The van der Waals surface area contributed by atoms with E-state index in [1.165, 1.54) is 0 Å². The van der Waals surface area contributed by atoms with Gasteiger partial charge in [0.05, 0.1) is 24.3 Å². The highest BCUT2D eigenvalue weighted by Gasteiger charge is 2.03. The van der Waals surface area contributed by atoms with Gasteiger partial charge in [-0.3, -0.25) is 4.98 Å². The first kappa shape index (κ1) is 11.7. The second-order valence-corrected chi connectivity index (χ2v) is 4.32. The highest BCUT2D eigenvalue weighted by Crippen LogP contribution is 2.21. The Morgan fingerprint density at radius 2 is 2.35 bits per heavy atom. The van der Waals surface area contributed by atoms with Gasteiger partial charge in [0.2, 0.25) is 5.88 Å². The number of nitrogen functional groups attached to an aromatic ring is 1. The predicted octanol–water partition coefficient (Wildman–Crippen LogP) is 2.13. The molecule has 2 aromatic heterocycles. The smallest absolute Gasteiger partial charge is 0.239 e. The molecule has 2 heterocycles. The molecule has 5 nitrogen and oxygen atoms in total. The normalized spacial score (nSPS) is 10.2. The van der Waals surface area contributed by atoms with Crippen LogP contribution in [0.4, 0.5) is 11.5 Å². The highest BCUT2D eigenvalue weighted by atomic mass is 32.1. The molecular formula is C11H14N4OS. The van der Waals surface area contributed by atoms with E-state index in [-0.39, 0.29) is 0 Å². The third-order valence-corrected chi connectivity index (χ3v) is 2.88. The van der Waals surface area contributed by atoms with Crippen LogP contribution in [0.3, 0.4) is 0 Å². The lowest BCUT2D eigenvalue weighted by atomic mass is 10.4. The summed E-state index contributed by atoms with van der Waals surface area (Å²) in [6.45, 7) is 3.15. The molecule has 3 N–H and O–H groups in total. The van der Waals surface area contributed by atoms with Crippen molar-refractivity contribution in [2.45, 2.75) is 13.5 Å². The van der Waals surface area contributed by atoms with Crippen LogP contribution in [0.2, 0.25) is 0 Å². The van der Waals surface area contributed by atoms with E-state index in [0.29, 0.717) is 24.7 Å².